The van der Waals surface area contributed by atoms with Gasteiger partial charge in [-0.3, -0.25) is 4.79 Å². The minimum Gasteiger partial charge on any atom is -0.347 e. The van der Waals surface area contributed by atoms with Crippen LogP contribution in [0.3, 0.4) is 0 Å². The molecule has 1 heterocycles. The zero-order valence-electron chi connectivity index (χ0n) is 13.4. The summed E-state index contributed by atoms with van der Waals surface area (Å²) in [5.74, 6) is 1.85. The molecule has 2 aliphatic rings. The molecule has 0 spiro atoms. The van der Waals surface area contributed by atoms with Crippen LogP contribution in [0.25, 0.3) is 0 Å². The Labute approximate surface area is 145 Å². The zero-order valence-corrected chi connectivity index (χ0v) is 14.2. The van der Waals surface area contributed by atoms with Crippen LogP contribution in [0.1, 0.15) is 61.7 Å². The molecule has 2 aliphatic carbocycles. The van der Waals surface area contributed by atoms with Gasteiger partial charge in [0, 0.05) is 23.8 Å². The van der Waals surface area contributed by atoms with E-state index in [4.69, 9.17) is 16.1 Å². The predicted molar refractivity (Wildman–Crippen MR) is 89.7 cm³/mol. The fraction of sp³-hybridized carbons (Fsp3) is 0.500. The Kier molecular flexibility index (Phi) is 4.04. The van der Waals surface area contributed by atoms with Gasteiger partial charge in [-0.05, 0) is 49.8 Å². The highest BCUT2D eigenvalue weighted by Crippen LogP contribution is 2.41. The summed E-state index contributed by atoms with van der Waals surface area (Å²) in [6, 6.07) is 7.76. The maximum Gasteiger partial charge on any atom is 0.227 e. The van der Waals surface area contributed by atoms with E-state index in [2.05, 4.69) is 15.5 Å². The lowest BCUT2D eigenvalue weighted by molar-refractivity contribution is -0.124. The zero-order chi connectivity index (χ0) is 16.6. The number of carbonyl (C=O) groups is 1. The van der Waals surface area contributed by atoms with E-state index in [0.29, 0.717) is 29.7 Å². The van der Waals surface area contributed by atoms with Crippen LogP contribution in [-0.2, 0) is 16.8 Å². The molecule has 1 aromatic heterocycles. The number of hydrogen-bond acceptors (Lipinski definition) is 4. The first-order chi connectivity index (χ1) is 11.6. The lowest BCUT2D eigenvalue weighted by Crippen LogP contribution is -2.50. The van der Waals surface area contributed by atoms with E-state index < -0.39 is 0 Å². The molecule has 2 fully saturated rings. The van der Waals surface area contributed by atoms with Crippen molar-refractivity contribution >= 4 is 17.5 Å². The normalized spacial score (nSPS) is 18.9. The van der Waals surface area contributed by atoms with Crippen LogP contribution in [0.5, 0.6) is 0 Å². The summed E-state index contributed by atoms with van der Waals surface area (Å²) in [5.41, 5.74) is 0.885. The molecular formula is C18H20ClN3O2. The second-order valence-electron chi connectivity index (χ2n) is 6.81. The minimum atomic E-state index is -0.240. The number of rotatable bonds is 6. The van der Waals surface area contributed by atoms with Crippen molar-refractivity contribution in [1.82, 2.24) is 15.5 Å². The van der Waals surface area contributed by atoms with Crippen molar-refractivity contribution in [3.8, 4) is 0 Å². The summed E-state index contributed by atoms with van der Waals surface area (Å²) >= 11 is 5.96. The number of benzene rings is 1. The Balaban J connectivity index is 1.36. The van der Waals surface area contributed by atoms with Crippen molar-refractivity contribution in [2.24, 2.45) is 0 Å². The molecule has 0 aliphatic heterocycles. The average Bonchev–Trinajstić information content (AvgIpc) is 3.29. The topological polar surface area (TPSA) is 68.0 Å². The molecule has 1 aromatic carbocycles. The summed E-state index contributed by atoms with van der Waals surface area (Å²) < 4.78 is 5.23. The molecule has 5 nitrogen and oxygen atoms in total. The van der Waals surface area contributed by atoms with E-state index in [0.717, 1.165) is 43.5 Å². The molecule has 6 heteroatoms. The smallest absolute Gasteiger partial charge is 0.227 e. The van der Waals surface area contributed by atoms with Crippen LogP contribution in [0.2, 0.25) is 5.02 Å². The van der Waals surface area contributed by atoms with Crippen LogP contribution in [0.15, 0.2) is 28.8 Å². The second-order valence-corrected chi connectivity index (χ2v) is 7.25. The van der Waals surface area contributed by atoms with Gasteiger partial charge in [0.25, 0.3) is 0 Å². The first-order valence-corrected chi connectivity index (χ1v) is 8.92. The third kappa shape index (κ3) is 3.18. The average molecular weight is 346 g/mol. The molecule has 1 N–H and O–H groups in total. The number of carbonyl (C=O) groups excluding carboxylic acids is 1. The number of amides is 1. The van der Waals surface area contributed by atoms with Crippen molar-refractivity contribution in [3.63, 3.8) is 0 Å². The Morgan fingerprint density at radius 1 is 1.29 bits per heavy atom. The van der Waals surface area contributed by atoms with E-state index in [9.17, 15) is 4.79 Å². The molecule has 126 valence electrons. The van der Waals surface area contributed by atoms with Crippen LogP contribution in [0, 0.1) is 0 Å². The van der Waals surface area contributed by atoms with Crippen molar-refractivity contribution in [2.45, 2.75) is 56.4 Å². The first kappa shape index (κ1) is 15.6. The first-order valence-electron chi connectivity index (χ1n) is 8.54. The van der Waals surface area contributed by atoms with Gasteiger partial charge in [0.05, 0.1) is 5.54 Å². The van der Waals surface area contributed by atoms with Crippen LogP contribution < -0.4 is 5.32 Å². The lowest BCUT2D eigenvalue weighted by atomic mass is 9.71. The number of hydrogen-bond donors (Lipinski definition) is 1. The van der Waals surface area contributed by atoms with E-state index >= 15 is 0 Å². The summed E-state index contributed by atoms with van der Waals surface area (Å²) in [6.45, 7) is 0. The standard InChI is InChI=1S/C18H20ClN3O2/c19-14-6-4-13(5-7-14)18(10-1-11-18)21-15(23)8-9-16-20-17(22-24-16)12-2-3-12/h4-7,12H,1-3,8-11H2,(H,21,23). The molecule has 0 bridgehead atoms. The third-order valence-electron chi connectivity index (χ3n) is 4.97. The maximum atomic E-state index is 12.4. The molecule has 0 atom stereocenters. The fourth-order valence-corrected chi connectivity index (χ4v) is 3.34. The third-order valence-corrected chi connectivity index (χ3v) is 5.23. The number of nitrogens with one attached hydrogen (secondary N) is 1. The monoisotopic (exact) mass is 345 g/mol. The lowest BCUT2D eigenvalue weighted by Gasteiger charge is -2.43. The highest BCUT2D eigenvalue weighted by molar-refractivity contribution is 6.30. The molecule has 2 aromatic rings. The highest BCUT2D eigenvalue weighted by Gasteiger charge is 2.39. The second kappa shape index (κ2) is 6.20. The van der Waals surface area contributed by atoms with E-state index in [1.807, 2.05) is 24.3 Å². The Morgan fingerprint density at radius 3 is 2.67 bits per heavy atom. The number of nitrogens with zero attached hydrogens (tertiary/aromatic N) is 2. The SMILES string of the molecule is O=C(CCc1nc(C2CC2)no1)NC1(c2ccc(Cl)cc2)CCC1. The summed E-state index contributed by atoms with van der Waals surface area (Å²) in [6.07, 6.45) is 6.19. The summed E-state index contributed by atoms with van der Waals surface area (Å²) in [4.78, 5) is 16.8. The van der Waals surface area contributed by atoms with Crippen molar-refractivity contribution in [1.29, 1.82) is 0 Å². The predicted octanol–water partition coefficient (Wildman–Crippen LogP) is 3.73. The van der Waals surface area contributed by atoms with Crippen LogP contribution in [-0.4, -0.2) is 16.0 Å². The van der Waals surface area contributed by atoms with Crippen LogP contribution >= 0.6 is 11.6 Å². The quantitative estimate of drug-likeness (QED) is 0.866. The summed E-state index contributed by atoms with van der Waals surface area (Å²) in [5, 5.41) is 7.90. The van der Waals surface area contributed by atoms with Gasteiger partial charge in [0.15, 0.2) is 5.82 Å². The number of aryl methyl sites for hydroxylation is 1. The van der Waals surface area contributed by atoms with Gasteiger partial charge >= 0.3 is 0 Å². The van der Waals surface area contributed by atoms with Crippen LogP contribution in [0.4, 0.5) is 0 Å². The van der Waals surface area contributed by atoms with E-state index in [1.54, 1.807) is 0 Å². The van der Waals surface area contributed by atoms with Gasteiger partial charge in [-0.1, -0.05) is 28.9 Å². The van der Waals surface area contributed by atoms with Gasteiger partial charge in [0.2, 0.25) is 11.8 Å². The van der Waals surface area contributed by atoms with E-state index in [1.165, 1.54) is 0 Å². The molecule has 24 heavy (non-hydrogen) atoms. The number of halogens is 1. The van der Waals surface area contributed by atoms with E-state index in [-0.39, 0.29) is 11.4 Å². The van der Waals surface area contributed by atoms with Gasteiger partial charge in [0.1, 0.15) is 0 Å². The number of aromatic nitrogens is 2. The van der Waals surface area contributed by atoms with Crippen molar-refractivity contribution in [3.05, 3.63) is 46.6 Å². The Hall–Kier alpha value is -1.88. The van der Waals surface area contributed by atoms with Gasteiger partial charge < -0.3 is 9.84 Å². The maximum absolute atomic E-state index is 12.4. The molecule has 2 saturated carbocycles. The molecule has 1 amide bonds. The molecule has 4 rings (SSSR count). The van der Waals surface area contributed by atoms with Gasteiger partial charge in [-0.15, -0.1) is 0 Å². The fourth-order valence-electron chi connectivity index (χ4n) is 3.21. The Morgan fingerprint density at radius 2 is 2.04 bits per heavy atom. The highest BCUT2D eigenvalue weighted by atomic mass is 35.5. The summed E-state index contributed by atoms with van der Waals surface area (Å²) in [7, 11) is 0. The van der Waals surface area contributed by atoms with Gasteiger partial charge in [-0.25, -0.2) is 0 Å². The molecular weight excluding hydrogens is 326 g/mol. The largest absolute Gasteiger partial charge is 0.347 e. The molecule has 0 unspecified atom stereocenters. The molecule has 0 saturated heterocycles. The van der Waals surface area contributed by atoms with Gasteiger partial charge in [-0.2, -0.15) is 4.98 Å². The minimum absolute atomic E-state index is 0.0239. The van der Waals surface area contributed by atoms with Crippen molar-refractivity contribution in [2.75, 3.05) is 0 Å². The molecule has 0 radical (unpaired) electrons. The van der Waals surface area contributed by atoms with Crippen molar-refractivity contribution < 1.29 is 9.32 Å². The Bertz CT molecular complexity index is 733.